The summed E-state index contributed by atoms with van der Waals surface area (Å²) in [5.74, 6) is 1.20. The summed E-state index contributed by atoms with van der Waals surface area (Å²) < 4.78 is 44.7. The van der Waals surface area contributed by atoms with E-state index in [1.165, 1.54) is 4.31 Å². The van der Waals surface area contributed by atoms with Gasteiger partial charge in [-0.25, -0.2) is 8.42 Å². The van der Waals surface area contributed by atoms with E-state index in [9.17, 15) is 13.2 Å². The Morgan fingerprint density at radius 3 is 2.56 bits per heavy atom. The number of carbonyl (C=O) groups is 1. The molecule has 0 saturated heterocycles. The highest BCUT2D eigenvalue weighted by molar-refractivity contribution is 7.92. The number of rotatable bonds is 8. The lowest BCUT2D eigenvalue weighted by atomic mass is 10.2. The second kappa shape index (κ2) is 10.0. The Morgan fingerprint density at radius 1 is 1.06 bits per heavy atom. The SMILES string of the molecule is COc1cccc(OCCNC(=O)C2CN(S(=O)(=O)c3ccc(C)cc3)c3ccccc3O2)c1. The molecule has 0 aliphatic carbocycles. The molecule has 0 bridgehead atoms. The Morgan fingerprint density at radius 2 is 1.79 bits per heavy atom. The zero-order valence-electron chi connectivity index (χ0n) is 18.9. The van der Waals surface area contributed by atoms with E-state index in [0.29, 0.717) is 22.9 Å². The Labute approximate surface area is 199 Å². The van der Waals surface area contributed by atoms with Crippen LogP contribution in [0.3, 0.4) is 0 Å². The van der Waals surface area contributed by atoms with E-state index < -0.39 is 22.0 Å². The summed E-state index contributed by atoms with van der Waals surface area (Å²) in [5.41, 5.74) is 1.35. The van der Waals surface area contributed by atoms with Gasteiger partial charge < -0.3 is 19.5 Å². The molecule has 0 fully saturated rings. The van der Waals surface area contributed by atoms with E-state index in [4.69, 9.17) is 14.2 Å². The van der Waals surface area contributed by atoms with Gasteiger partial charge in [0.2, 0.25) is 0 Å². The Kier molecular flexibility index (Phi) is 6.93. The molecule has 0 spiro atoms. The number of para-hydroxylation sites is 2. The topological polar surface area (TPSA) is 94.2 Å². The van der Waals surface area contributed by atoms with Gasteiger partial charge in [0, 0.05) is 6.07 Å². The summed E-state index contributed by atoms with van der Waals surface area (Å²) in [5, 5.41) is 2.76. The van der Waals surface area contributed by atoms with E-state index >= 15 is 0 Å². The third kappa shape index (κ3) is 5.09. The van der Waals surface area contributed by atoms with E-state index in [2.05, 4.69) is 5.32 Å². The predicted molar refractivity (Wildman–Crippen MR) is 128 cm³/mol. The quantitative estimate of drug-likeness (QED) is 0.496. The maximum absolute atomic E-state index is 13.4. The number of hydrogen-bond donors (Lipinski definition) is 1. The molecule has 1 aliphatic rings. The zero-order valence-corrected chi connectivity index (χ0v) is 19.7. The van der Waals surface area contributed by atoms with Crippen molar-refractivity contribution in [2.75, 3.05) is 31.1 Å². The molecule has 0 saturated carbocycles. The second-order valence-electron chi connectivity index (χ2n) is 7.74. The van der Waals surface area contributed by atoms with Crippen LogP contribution in [0.5, 0.6) is 17.2 Å². The fourth-order valence-corrected chi connectivity index (χ4v) is 5.03. The molecule has 3 aromatic rings. The number of amides is 1. The Hall–Kier alpha value is -3.72. The van der Waals surface area contributed by atoms with Crippen LogP contribution in [-0.2, 0) is 14.8 Å². The number of carbonyl (C=O) groups excluding carboxylic acids is 1. The Balaban J connectivity index is 1.44. The van der Waals surface area contributed by atoms with E-state index in [1.54, 1.807) is 67.8 Å². The molecule has 8 nitrogen and oxygen atoms in total. The van der Waals surface area contributed by atoms with Crippen molar-refractivity contribution in [3.8, 4) is 17.2 Å². The number of nitrogens with zero attached hydrogens (tertiary/aromatic N) is 1. The van der Waals surface area contributed by atoms with E-state index in [1.807, 2.05) is 19.1 Å². The number of ether oxygens (including phenoxy) is 3. The molecule has 1 amide bonds. The van der Waals surface area contributed by atoms with Crippen molar-refractivity contribution >= 4 is 21.6 Å². The summed E-state index contributed by atoms with van der Waals surface area (Å²) in [6.45, 7) is 2.20. The highest BCUT2D eigenvalue weighted by Crippen LogP contribution is 2.36. The molecule has 1 aliphatic heterocycles. The van der Waals surface area contributed by atoms with Gasteiger partial charge >= 0.3 is 0 Å². The number of methoxy groups -OCH3 is 1. The smallest absolute Gasteiger partial charge is 0.264 e. The molecule has 1 unspecified atom stereocenters. The van der Waals surface area contributed by atoms with Crippen molar-refractivity contribution in [2.24, 2.45) is 0 Å². The van der Waals surface area contributed by atoms with Crippen LogP contribution in [0.15, 0.2) is 77.7 Å². The molecule has 1 atom stereocenters. The molecule has 1 heterocycles. The van der Waals surface area contributed by atoms with E-state index in [0.717, 1.165) is 5.56 Å². The number of benzene rings is 3. The zero-order chi connectivity index (χ0) is 24.1. The minimum absolute atomic E-state index is 0.143. The first-order chi connectivity index (χ1) is 16.4. The second-order valence-corrected chi connectivity index (χ2v) is 9.60. The first-order valence-electron chi connectivity index (χ1n) is 10.8. The largest absolute Gasteiger partial charge is 0.497 e. The lowest BCUT2D eigenvalue weighted by Gasteiger charge is -2.34. The van der Waals surface area contributed by atoms with Crippen LogP contribution in [0.25, 0.3) is 0 Å². The maximum atomic E-state index is 13.4. The van der Waals surface area contributed by atoms with Gasteiger partial charge in [0.15, 0.2) is 6.10 Å². The molecule has 4 rings (SSSR count). The van der Waals surface area contributed by atoms with Gasteiger partial charge in [0.25, 0.3) is 15.9 Å². The minimum atomic E-state index is -3.89. The van der Waals surface area contributed by atoms with E-state index in [-0.39, 0.29) is 24.6 Å². The molecular formula is C25H26N2O6S. The minimum Gasteiger partial charge on any atom is -0.497 e. The number of hydrogen-bond acceptors (Lipinski definition) is 6. The average molecular weight is 483 g/mol. The van der Waals surface area contributed by atoms with Gasteiger partial charge in [-0.1, -0.05) is 35.9 Å². The van der Waals surface area contributed by atoms with Gasteiger partial charge in [-0.2, -0.15) is 0 Å². The normalized spacial score (nSPS) is 15.1. The molecule has 0 radical (unpaired) electrons. The predicted octanol–water partition coefficient (Wildman–Crippen LogP) is 3.16. The van der Waals surface area contributed by atoms with Crippen LogP contribution in [0.1, 0.15) is 5.56 Å². The number of sulfonamides is 1. The average Bonchev–Trinajstić information content (AvgIpc) is 2.86. The van der Waals surface area contributed by atoms with Crippen LogP contribution in [0.4, 0.5) is 5.69 Å². The van der Waals surface area contributed by atoms with Crippen molar-refractivity contribution < 1.29 is 27.4 Å². The molecule has 3 aromatic carbocycles. The van der Waals surface area contributed by atoms with Gasteiger partial charge in [0.1, 0.15) is 23.9 Å². The van der Waals surface area contributed by atoms with Crippen molar-refractivity contribution in [3.63, 3.8) is 0 Å². The number of anilines is 1. The van der Waals surface area contributed by atoms with Crippen LogP contribution < -0.4 is 23.8 Å². The third-order valence-electron chi connectivity index (χ3n) is 5.35. The van der Waals surface area contributed by atoms with Gasteiger partial charge in [-0.05, 0) is 43.3 Å². The van der Waals surface area contributed by atoms with Crippen LogP contribution >= 0.6 is 0 Å². The lowest BCUT2D eigenvalue weighted by Crippen LogP contribution is -2.51. The lowest BCUT2D eigenvalue weighted by molar-refractivity contribution is -0.127. The maximum Gasteiger partial charge on any atom is 0.264 e. The Bertz CT molecular complexity index is 1260. The van der Waals surface area contributed by atoms with Crippen LogP contribution in [-0.4, -0.2) is 47.2 Å². The van der Waals surface area contributed by atoms with Crippen molar-refractivity contribution in [3.05, 3.63) is 78.4 Å². The summed E-state index contributed by atoms with van der Waals surface area (Å²) >= 11 is 0. The third-order valence-corrected chi connectivity index (χ3v) is 7.14. The van der Waals surface area contributed by atoms with Crippen molar-refractivity contribution in [1.82, 2.24) is 5.32 Å². The van der Waals surface area contributed by atoms with Gasteiger partial charge in [0.05, 0.1) is 30.8 Å². The summed E-state index contributed by atoms with van der Waals surface area (Å²) in [6.07, 6.45) is -1.01. The summed E-state index contributed by atoms with van der Waals surface area (Å²) in [6, 6.07) is 20.5. The molecular weight excluding hydrogens is 456 g/mol. The van der Waals surface area contributed by atoms with Gasteiger partial charge in [-0.15, -0.1) is 0 Å². The molecule has 0 aromatic heterocycles. The summed E-state index contributed by atoms with van der Waals surface area (Å²) in [4.78, 5) is 13.0. The molecule has 9 heteroatoms. The summed E-state index contributed by atoms with van der Waals surface area (Å²) in [7, 11) is -2.32. The molecule has 178 valence electrons. The first kappa shape index (κ1) is 23.4. The van der Waals surface area contributed by atoms with Crippen molar-refractivity contribution in [1.29, 1.82) is 0 Å². The highest BCUT2D eigenvalue weighted by atomic mass is 32.2. The van der Waals surface area contributed by atoms with Crippen LogP contribution in [0, 0.1) is 6.92 Å². The fourth-order valence-electron chi connectivity index (χ4n) is 3.55. The molecule has 34 heavy (non-hydrogen) atoms. The standard InChI is InChI=1S/C25H26N2O6S/c1-18-10-12-21(13-11-18)34(29,30)27-17-24(33-23-9-4-3-8-22(23)27)25(28)26-14-15-32-20-7-5-6-19(16-20)31-2/h3-13,16,24H,14-15,17H2,1-2H3,(H,26,28). The van der Waals surface area contributed by atoms with Gasteiger partial charge in [-0.3, -0.25) is 9.10 Å². The number of nitrogens with one attached hydrogen (secondary N) is 1. The fraction of sp³-hybridized carbons (Fsp3) is 0.240. The number of fused-ring (bicyclic) bond motifs is 1. The van der Waals surface area contributed by atoms with Crippen molar-refractivity contribution in [2.45, 2.75) is 17.9 Å². The highest BCUT2D eigenvalue weighted by Gasteiger charge is 2.37. The first-order valence-corrected chi connectivity index (χ1v) is 12.2. The van der Waals surface area contributed by atoms with Crippen LogP contribution in [0.2, 0.25) is 0 Å². The number of aryl methyl sites for hydroxylation is 1. The molecule has 1 N–H and O–H groups in total. The monoisotopic (exact) mass is 482 g/mol.